The fourth-order valence-corrected chi connectivity index (χ4v) is 5.21. The Balaban J connectivity index is 1.40. The van der Waals surface area contributed by atoms with Crippen molar-refractivity contribution in [2.45, 2.75) is 44.6 Å². The number of benzene rings is 1. The molecule has 7 heteroatoms. The predicted octanol–water partition coefficient (Wildman–Crippen LogP) is 3.73. The average Bonchev–Trinajstić information content (AvgIpc) is 3.77. The molecule has 2 saturated carbocycles. The Kier molecular flexibility index (Phi) is 4.91. The third-order valence-corrected chi connectivity index (χ3v) is 7.35. The summed E-state index contributed by atoms with van der Waals surface area (Å²) in [7, 11) is 0. The molecule has 0 bridgehead atoms. The summed E-state index contributed by atoms with van der Waals surface area (Å²) in [4.78, 5) is 21.9. The van der Waals surface area contributed by atoms with Crippen molar-refractivity contribution in [1.29, 1.82) is 5.26 Å². The van der Waals surface area contributed by atoms with E-state index in [-0.39, 0.29) is 17.9 Å². The van der Waals surface area contributed by atoms with E-state index in [1.54, 1.807) is 0 Å². The van der Waals surface area contributed by atoms with Gasteiger partial charge in [0.15, 0.2) is 6.20 Å². The summed E-state index contributed by atoms with van der Waals surface area (Å²) in [5.41, 5.74) is 4.03. The van der Waals surface area contributed by atoms with Crippen molar-refractivity contribution in [3.8, 4) is 17.2 Å². The first-order valence-corrected chi connectivity index (χ1v) is 12.2. The monoisotopic (exact) mass is 453 g/mol. The highest BCUT2D eigenvalue weighted by Gasteiger charge is 2.38. The molecule has 6 rings (SSSR count). The first-order chi connectivity index (χ1) is 16.5. The summed E-state index contributed by atoms with van der Waals surface area (Å²) >= 11 is 0. The maximum absolute atomic E-state index is 12.6. The summed E-state index contributed by atoms with van der Waals surface area (Å²) in [6.07, 6.45) is 5.72. The molecule has 3 aromatic rings. The number of aromatic nitrogens is 2. The van der Waals surface area contributed by atoms with E-state index >= 15 is 0 Å². The van der Waals surface area contributed by atoms with Crippen LogP contribution in [0.1, 0.15) is 49.8 Å². The maximum atomic E-state index is 12.6. The molecule has 1 saturated heterocycles. The number of rotatable bonds is 4. The van der Waals surface area contributed by atoms with Crippen LogP contribution in [0, 0.1) is 22.5 Å². The highest BCUT2D eigenvalue weighted by Crippen LogP contribution is 2.46. The minimum Gasteiger partial charge on any atom is -0.618 e. The summed E-state index contributed by atoms with van der Waals surface area (Å²) in [5, 5.41) is 23.3. The molecule has 0 radical (unpaired) electrons. The van der Waals surface area contributed by atoms with Crippen LogP contribution in [-0.4, -0.2) is 41.5 Å². The van der Waals surface area contributed by atoms with E-state index in [0.29, 0.717) is 36.6 Å². The lowest BCUT2D eigenvalue weighted by Crippen LogP contribution is -2.54. The van der Waals surface area contributed by atoms with E-state index in [4.69, 9.17) is 4.98 Å². The van der Waals surface area contributed by atoms with Gasteiger partial charge in [-0.2, -0.15) is 9.99 Å². The molecule has 3 fully saturated rings. The van der Waals surface area contributed by atoms with E-state index in [9.17, 15) is 15.3 Å². The highest BCUT2D eigenvalue weighted by molar-refractivity contribution is 5.94. The molecule has 0 N–H and O–H groups in total. The van der Waals surface area contributed by atoms with Crippen molar-refractivity contribution in [2.75, 3.05) is 24.5 Å². The van der Waals surface area contributed by atoms with Gasteiger partial charge >= 0.3 is 0 Å². The van der Waals surface area contributed by atoms with Gasteiger partial charge in [0, 0.05) is 60.8 Å². The number of nitriles is 1. The molecule has 3 heterocycles. The molecule has 2 aliphatic carbocycles. The first-order valence-electron chi connectivity index (χ1n) is 12.2. The number of carbonyl (C=O) groups is 1. The van der Waals surface area contributed by atoms with Crippen molar-refractivity contribution in [2.24, 2.45) is 5.92 Å². The molecule has 2 aromatic heterocycles. The normalized spacial score (nSPS) is 20.4. The molecule has 7 nitrogen and oxygen atoms in total. The van der Waals surface area contributed by atoms with Crippen LogP contribution in [0.5, 0.6) is 0 Å². The second-order valence-corrected chi connectivity index (χ2v) is 9.85. The molecule has 1 unspecified atom stereocenters. The molecule has 34 heavy (non-hydrogen) atoms. The molecule has 1 atom stereocenters. The standard InChI is InChI=1S/C27H27N5O2/c1-17-16-30(12-13-31(17)27(33)19-8-9-19)26-20(15-28)14-23(25(29-26)18-6-7-18)21-10-11-32(34)24-5-3-2-4-22(21)24/h2-5,10-11,14,17-19H,6-9,12-13,16H2,1H3. The lowest BCUT2D eigenvalue weighted by molar-refractivity contribution is -0.576. The number of para-hydroxylation sites is 1. The fraction of sp³-hybridized carbons (Fsp3) is 0.407. The van der Waals surface area contributed by atoms with Gasteiger partial charge in [-0.15, -0.1) is 0 Å². The Morgan fingerprint density at radius 3 is 2.65 bits per heavy atom. The van der Waals surface area contributed by atoms with Gasteiger partial charge in [0.25, 0.3) is 0 Å². The van der Waals surface area contributed by atoms with Crippen molar-refractivity contribution in [3.05, 3.63) is 59.1 Å². The zero-order valence-corrected chi connectivity index (χ0v) is 19.3. The minimum absolute atomic E-state index is 0.0878. The van der Waals surface area contributed by atoms with Gasteiger partial charge in [-0.25, -0.2) is 4.98 Å². The van der Waals surface area contributed by atoms with Crippen LogP contribution in [-0.2, 0) is 4.79 Å². The summed E-state index contributed by atoms with van der Waals surface area (Å²) in [6.45, 7) is 4.10. The molecule has 172 valence electrons. The molecular weight excluding hydrogens is 426 g/mol. The topological polar surface area (TPSA) is 87.2 Å². The molecule has 0 spiro atoms. The number of hydrogen-bond donors (Lipinski definition) is 0. The van der Waals surface area contributed by atoms with Crippen molar-refractivity contribution < 1.29 is 9.52 Å². The third kappa shape index (κ3) is 3.54. The fourth-order valence-electron chi connectivity index (χ4n) is 5.21. The van der Waals surface area contributed by atoms with Gasteiger partial charge in [-0.3, -0.25) is 4.79 Å². The van der Waals surface area contributed by atoms with E-state index in [1.165, 1.54) is 6.20 Å². The second kappa shape index (κ2) is 7.98. The molecule has 1 aromatic carbocycles. The highest BCUT2D eigenvalue weighted by atomic mass is 16.5. The third-order valence-electron chi connectivity index (χ3n) is 7.35. The minimum atomic E-state index is 0.0878. The number of amides is 1. The number of carbonyl (C=O) groups excluding carboxylic acids is 1. The second-order valence-electron chi connectivity index (χ2n) is 9.85. The zero-order valence-electron chi connectivity index (χ0n) is 19.3. The number of fused-ring (bicyclic) bond motifs is 1. The van der Waals surface area contributed by atoms with Gasteiger partial charge < -0.3 is 15.0 Å². The average molecular weight is 454 g/mol. The first kappa shape index (κ1) is 20.9. The van der Waals surface area contributed by atoms with Crippen LogP contribution < -0.4 is 9.63 Å². The Labute approximate surface area is 198 Å². The van der Waals surface area contributed by atoms with E-state index in [1.807, 2.05) is 41.3 Å². The van der Waals surface area contributed by atoms with Gasteiger partial charge in [0.2, 0.25) is 11.4 Å². The number of piperazine rings is 1. The Morgan fingerprint density at radius 2 is 1.94 bits per heavy atom. The summed E-state index contributed by atoms with van der Waals surface area (Å²) < 4.78 is 0.881. The van der Waals surface area contributed by atoms with Crippen molar-refractivity contribution in [3.63, 3.8) is 0 Å². The van der Waals surface area contributed by atoms with Crippen LogP contribution in [0.3, 0.4) is 0 Å². The Bertz CT molecular complexity index is 1340. The van der Waals surface area contributed by atoms with Crippen LogP contribution in [0.4, 0.5) is 5.82 Å². The maximum Gasteiger partial charge on any atom is 0.226 e. The molecular formula is C27H27N5O2. The Morgan fingerprint density at radius 1 is 1.15 bits per heavy atom. The molecule has 1 aliphatic heterocycles. The molecule has 3 aliphatic rings. The van der Waals surface area contributed by atoms with E-state index < -0.39 is 0 Å². The SMILES string of the molecule is CC1CN(c2nc(C3CC3)c(-c3cc[n+]([O-])c4ccccc34)cc2C#N)CCN1C(=O)C1CC1. The van der Waals surface area contributed by atoms with Gasteiger partial charge in [-0.1, -0.05) is 12.1 Å². The lowest BCUT2D eigenvalue weighted by atomic mass is 9.96. The van der Waals surface area contributed by atoms with E-state index in [0.717, 1.165) is 58.4 Å². The van der Waals surface area contributed by atoms with Crippen LogP contribution in [0.25, 0.3) is 22.0 Å². The zero-order chi connectivity index (χ0) is 23.4. The number of nitrogens with zero attached hydrogens (tertiary/aromatic N) is 5. The van der Waals surface area contributed by atoms with Crippen molar-refractivity contribution >= 4 is 22.6 Å². The molecule has 1 amide bonds. The van der Waals surface area contributed by atoms with Crippen LogP contribution in [0.15, 0.2) is 42.6 Å². The van der Waals surface area contributed by atoms with Gasteiger partial charge in [0.1, 0.15) is 11.9 Å². The number of pyridine rings is 2. The number of anilines is 1. The van der Waals surface area contributed by atoms with Gasteiger partial charge in [-0.05, 0) is 44.7 Å². The summed E-state index contributed by atoms with van der Waals surface area (Å²) in [5.74, 6) is 1.59. The van der Waals surface area contributed by atoms with Crippen LogP contribution in [0.2, 0.25) is 0 Å². The predicted molar refractivity (Wildman–Crippen MR) is 129 cm³/mol. The smallest absolute Gasteiger partial charge is 0.226 e. The van der Waals surface area contributed by atoms with Gasteiger partial charge in [0.05, 0.1) is 16.6 Å². The lowest BCUT2D eigenvalue weighted by Gasteiger charge is -2.41. The quantitative estimate of drug-likeness (QED) is 0.444. The number of hydrogen-bond acceptors (Lipinski definition) is 5. The summed E-state index contributed by atoms with van der Waals surface area (Å²) in [6, 6.07) is 13.8. The van der Waals surface area contributed by atoms with E-state index in [2.05, 4.69) is 17.9 Å². The van der Waals surface area contributed by atoms with Crippen LogP contribution >= 0.6 is 0 Å². The largest absolute Gasteiger partial charge is 0.618 e. The Hall–Kier alpha value is -3.66. The van der Waals surface area contributed by atoms with Crippen molar-refractivity contribution in [1.82, 2.24) is 9.88 Å².